The van der Waals surface area contributed by atoms with Crippen molar-refractivity contribution in [2.24, 2.45) is 0 Å². The van der Waals surface area contributed by atoms with Gasteiger partial charge in [-0.15, -0.1) is 12.6 Å². The normalized spacial score (nSPS) is 10.8. The van der Waals surface area contributed by atoms with E-state index in [1.807, 2.05) is 0 Å². The number of thiol groups is 1. The number of aromatic amines is 1. The number of nitrogens with one attached hydrogen (secondary N) is 1. The molecule has 0 spiro atoms. The van der Waals surface area contributed by atoms with Crippen LogP contribution in [0.1, 0.15) is 0 Å². The van der Waals surface area contributed by atoms with Crippen LogP contribution in [-0.2, 0) is 0 Å². The van der Waals surface area contributed by atoms with Crippen LogP contribution < -0.4 is 5.76 Å². The number of oxazole rings is 1. The first-order chi connectivity index (χ1) is 5.66. The second kappa shape index (κ2) is 2.67. The van der Waals surface area contributed by atoms with Gasteiger partial charge in [-0.05, 0) is 28.1 Å². The highest BCUT2D eigenvalue weighted by atomic mass is 79.9. The van der Waals surface area contributed by atoms with Crippen molar-refractivity contribution in [2.75, 3.05) is 0 Å². The van der Waals surface area contributed by atoms with E-state index in [0.717, 1.165) is 9.37 Å². The summed E-state index contributed by atoms with van der Waals surface area (Å²) in [6.45, 7) is 0. The molecule has 62 valence electrons. The summed E-state index contributed by atoms with van der Waals surface area (Å²) in [4.78, 5) is 14.0. The molecular formula is C7H4BrNO2S. The molecule has 0 saturated carbocycles. The van der Waals surface area contributed by atoms with Crippen molar-refractivity contribution < 1.29 is 4.42 Å². The van der Waals surface area contributed by atoms with Gasteiger partial charge in [-0.3, -0.25) is 4.98 Å². The van der Waals surface area contributed by atoms with Crippen molar-refractivity contribution in [3.63, 3.8) is 0 Å². The molecule has 0 unspecified atom stereocenters. The highest BCUT2D eigenvalue weighted by Crippen LogP contribution is 2.25. The zero-order valence-corrected chi connectivity index (χ0v) is 8.28. The van der Waals surface area contributed by atoms with Gasteiger partial charge in [-0.25, -0.2) is 4.79 Å². The molecule has 0 atom stereocenters. The lowest BCUT2D eigenvalue weighted by Crippen LogP contribution is -1.92. The fourth-order valence-corrected chi connectivity index (χ4v) is 1.48. The van der Waals surface area contributed by atoms with Gasteiger partial charge in [0.2, 0.25) is 0 Å². The highest BCUT2D eigenvalue weighted by molar-refractivity contribution is 9.10. The summed E-state index contributed by atoms with van der Waals surface area (Å²) in [7, 11) is 0. The first-order valence-corrected chi connectivity index (χ1v) is 4.42. The molecule has 0 radical (unpaired) electrons. The zero-order chi connectivity index (χ0) is 8.72. The number of benzene rings is 1. The summed E-state index contributed by atoms with van der Waals surface area (Å²) in [6.07, 6.45) is 0. The van der Waals surface area contributed by atoms with E-state index in [1.54, 1.807) is 12.1 Å². The minimum Gasteiger partial charge on any atom is -0.408 e. The molecule has 0 saturated heterocycles. The van der Waals surface area contributed by atoms with Crippen molar-refractivity contribution in [3.05, 3.63) is 27.2 Å². The molecule has 0 bridgehead atoms. The molecule has 0 aliphatic rings. The number of fused-ring (bicyclic) bond motifs is 1. The third-order valence-electron chi connectivity index (χ3n) is 1.49. The molecule has 1 aromatic carbocycles. The topological polar surface area (TPSA) is 46.0 Å². The van der Waals surface area contributed by atoms with Gasteiger partial charge in [0.05, 0.1) is 5.52 Å². The fourth-order valence-electron chi connectivity index (χ4n) is 0.961. The summed E-state index contributed by atoms with van der Waals surface area (Å²) >= 11 is 7.45. The summed E-state index contributed by atoms with van der Waals surface area (Å²) < 4.78 is 5.64. The summed E-state index contributed by atoms with van der Waals surface area (Å²) in [6, 6.07) is 3.43. The molecule has 1 heterocycles. The Morgan fingerprint density at radius 3 is 3.00 bits per heavy atom. The lowest BCUT2D eigenvalue weighted by Gasteiger charge is -1.93. The van der Waals surface area contributed by atoms with Crippen LogP contribution in [0.3, 0.4) is 0 Å². The molecule has 5 heteroatoms. The maximum atomic E-state index is 10.7. The quantitative estimate of drug-likeness (QED) is 0.700. The van der Waals surface area contributed by atoms with Crippen molar-refractivity contribution in [1.29, 1.82) is 0 Å². The zero-order valence-electron chi connectivity index (χ0n) is 5.80. The van der Waals surface area contributed by atoms with Crippen LogP contribution in [0.2, 0.25) is 0 Å². The predicted molar refractivity (Wildman–Crippen MR) is 51.8 cm³/mol. The molecule has 0 aliphatic carbocycles. The van der Waals surface area contributed by atoms with Crippen LogP contribution >= 0.6 is 28.6 Å². The smallest absolute Gasteiger partial charge is 0.408 e. The molecule has 0 aliphatic heterocycles. The third kappa shape index (κ3) is 1.19. The van der Waals surface area contributed by atoms with Gasteiger partial charge in [0.15, 0.2) is 5.58 Å². The van der Waals surface area contributed by atoms with E-state index in [-0.39, 0.29) is 0 Å². The van der Waals surface area contributed by atoms with E-state index in [0.29, 0.717) is 11.1 Å². The van der Waals surface area contributed by atoms with Crippen LogP contribution in [0.4, 0.5) is 0 Å². The number of halogens is 1. The second-order valence-corrected chi connectivity index (χ2v) is 3.65. The summed E-state index contributed by atoms with van der Waals surface area (Å²) in [5.41, 5.74) is 1.19. The Balaban J connectivity index is 2.92. The maximum absolute atomic E-state index is 10.7. The molecule has 0 fully saturated rings. The van der Waals surface area contributed by atoms with Gasteiger partial charge >= 0.3 is 5.76 Å². The average Bonchev–Trinajstić information content (AvgIpc) is 2.30. The van der Waals surface area contributed by atoms with Gasteiger partial charge in [0.1, 0.15) is 0 Å². The Morgan fingerprint density at radius 2 is 2.25 bits per heavy atom. The van der Waals surface area contributed by atoms with Crippen molar-refractivity contribution in [2.45, 2.75) is 4.90 Å². The van der Waals surface area contributed by atoms with E-state index in [2.05, 4.69) is 33.5 Å². The van der Waals surface area contributed by atoms with Crippen LogP contribution in [-0.4, -0.2) is 4.98 Å². The van der Waals surface area contributed by atoms with E-state index >= 15 is 0 Å². The van der Waals surface area contributed by atoms with E-state index < -0.39 is 5.76 Å². The maximum Gasteiger partial charge on any atom is 0.417 e. The third-order valence-corrected chi connectivity index (χ3v) is 2.82. The Labute approximate surface area is 81.3 Å². The van der Waals surface area contributed by atoms with Gasteiger partial charge < -0.3 is 4.42 Å². The largest absolute Gasteiger partial charge is 0.417 e. The molecule has 3 nitrogen and oxygen atoms in total. The average molecular weight is 246 g/mol. The lowest BCUT2D eigenvalue weighted by atomic mass is 10.3. The molecule has 1 N–H and O–H groups in total. The summed E-state index contributed by atoms with van der Waals surface area (Å²) in [5, 5.41) is 0. The van der Waals surface area contributed by atoms with E-state index in [9.17, 15) is 4.79 Å². The van der Waals surface area contributed by atoms with Crippen molar-refractivity contribution in [1.82, 2.24) is 4.98 Å². The fraction of sp³-hybridized carbons (Fsp3) is 0. The van der Waals surface area contributed by atoms with Crippen molar-refractivity contribution >= 4 is 39.7 Å². The molecule has 0 amide bonds. The first kappa shape index (κ1) is 7.94. The number of aromatic nitrogens is 1. The molecular weight excluding hydrogens is 242 g/mol. The predicted octanol–water partition coefficient (Wildman–Crippen LogP) is 2.17. The second-order valence-electron chi connectivity index (χ2n) is 2.31. The summed E-state index contributed by atoms with van der Waals surface area (Å²) in [5.74, 6) is -0.448. The van der Waals surface area contributed by atoms with Crippen LogP contribution in [0, 0.1) is 0 Å². The number of hydrogen-bond donors (Lipinski definition) is 2. The minimum absolute atomic E-state index is 0.448. The minimum atomic E-state index is -0.448. The Kier molecular flexibility index (Phi) is 1.77. The van der Waals surface area contributed by atoms with Crippen LogP contribution in [0.5, 0.6) is 0 Å². The molecule has 2 aromatic rings. The van der Waals surface area contributed by atoms with E-state index in [1.165, 1.54) is 0 Å². The van der Waals surface area contributed by atoms with Gasteiger partial charge in [-0.1, -0.05) is 0 Å². The standard InChI is InChI=1S/C7H4BrNO2S/c8-3-1-5-4(2-6(3)12)9-7(10)11-5/h1-2,12H,(H,9,10). The Hall–Kier alpha value is -0.680. The van der Waals surface area contributed by atoms with Gasteiger partial charge in [-0.2, -0.15) is 0 Å². The molecule has 2 rings (SSSR count). The molecule has 1 aromatic heterocycles. The number of hydrogen-bond acceptors (Lipinski definition) is 3. The van der Waals surface area contributed by atoms with Crippen LogP contribution in [0.25, 0.3) is 11.1 Å². The Morgan fingerprint density at radius 1 is 1.50 bits per heavy atom. The van der Waals surface area contributed by atoms with Gasteiger partial charge in [0, 0.05) is 9.37 Å². The highest BCUT2D eigenvalue weighted by Gasteiger charge is 2.03. The monoisotopic (exact) mass is 245 g/mol. The Bertz CT molecular complexity index is 446. The number of H-pyrrole nitrogens is 1. The first-order valence-electron chi connectivity index (χ1n) is 3.18. The number of rotatable bonds is 0. The van der Waals surface area contributed by atoms with Crippen LogP contribution in [0.15, 0.2) is 30.7 Å². The van der Waals surface area contributed by atoms with Gasteiger partial charge in [0.25, 0.3) is 0 Å². The lowest BCUT2D eigenvalue weighted by molar-refractivity contribution is 0.555. The SMILES string of the molecule is O=c1[nH]c2cc(S)c(Br)cc2o1. The molecule has 12 heavy (non-hydrogen) atoms. The van der Waals surface area contributed by atoms with Crippen molar-refractivity contribution in [3.8, 4) is 0 Å². The van der Waals surface area contributed by atoms with E-state index in [4.69, 9.17) is 4.42 Å².